The molecule has 0 aliphatic rings. The van der Waals surface area contributed by atoms with Crippen molar-refractivity contribution in [2.24, 2.45) is 0 Å². The zero-order valence-corrected chi connectivity index (χ0v) is 16.2. The van der Waals surface area contributed by atoms with E-state index in [-0.39, 0.29) is 0 Å². The van der Waals surface area contributed by atoms with Crippen LogP contribution in [-0.4, -0.2) is 15.8 Å². The van der Waals surface area contributed by atoms with Gasteiger partial charge >= 0.3 is 6.16 Å². The smallest absolute Gasteiger partial charge is 0.489 e. The highest BCUT2D eigenvalue weighted by Crippen LogP contribution is 2.30. The van der Waals surface area contributed by atoms with Gasteiger partial charge in [0.1, 0.15) is 18.1 Å². The Labute approximate surface area is 172 Å². The number of halogens is 1. The Morgan fingerprint density at radius 1 is 0.966 bits per heavy atom. The Kier molecular flexibility index (Phi) is 5.40. The van der Waals surface area contributed by atoms with Gasteiger partial charge in [0, 0.05) is 22.2 Å². The maximum absolute atomic E-state index is 10.9. The lowest BCUT2D eigenvalue weighted by molar-refractivity contribution is 0.145. The van der Waals surface area contributed by atoms with Crippen LogP contribution in [0.5, 0.6) is 11.5 Å². The lowest BCUT2D eigenvalue weighted by atomic mass is 10.2. The molecule has 146 valence electrons. The molecule has 1 aromatic heterocycles. The highest BCUT2D eigenvalue weighted by atomic mass is 35.5. The molecule has 4 aromatic rings. The molecule has 0 saturated heterocycles. The molecule has 4 rings (SSSR count). The molecule has 5 nitrogen and oxygen atoms in total. The third-order valence-electron chi connectivity index (χ3n) is 4.57. The molecule has 3 aromatic carbocycles. The van der Waals surface area contributed by atoms with Crippen LogP contribution in [0.25, 0.3) is 10.9 Å². The monoisotopic (exact) mass is 407 g/mol. The van der Waals surface area contributed by atoms with Crippen molar-refractivity contribution >= 4 is 28.7 Å². The first-order valence-electron chi connectivity index (χ1n) is 9.04. The molecule has 0 aliphatic heterocycles. The molecule has 0 amide bonds. The summed E-state index contributed by atoms with van der Waals surface area (Å²) in [6, 6.07) is 22.6. The normalized spacial score (nSPS) is 10.8. The number of benzene rings is 3. The third kappa shape index (κ3) is 4.36. The highest BCUT2D eigenvalue weighted by Gasteiger charge is 2.12. The molecule has 1 N–H and O–H groups in total. The minimum atomic E-state index is -1.34. The Morgan fingerprint density at radius 3 is 2.59 bits per heavy atom. The predicted octanol–water partition coefficient (Wildman–Crippen LogP) is 5.98. The summed E-state index contributed by atoms with van der Waals surface area (Å²) in [7, 11) is 0. The lowest BCUT2D eigenvalue weighted by Crippen LogP contribution is -2.04. The number of ether oxygens (including phenoxy) is 2. The molecule has 0 fully saturated rings. The largest absolute Gasteiger partial charge is 0.511 e. The van der Waals surface area contributed by atoms with Gasteiger partial charge in [0.15, 0.2) is 0 Å². The van der Waals surface area contributed by atoms with Crippen molar-refractivity contribution in [3.8, 4) is 11.5 Å². The molecule has 0 bridgehead atoms. The van der Waals surface area contributed by atoms with Gasteiger partial charge in [0.2, 0.25) is 0 Å². The van der Waals surface area contributed by atoms with Crippen LogP contribution in [0.4, 0.5) is 4.79 Å². The highest BCUT2D eigenvalue weighted by molar-refractivity contribution is 6.30. The summed E-state index contributed by atoms with van der Waals surface area (Å²) < 4.78 is 12.9. The molecule has 6 heteroatoms. The second-order valence-electron chi connectivity index (χ2n) is 6.53. The van der Waals surface area contributed by atoms with Gasteiger partial charge in [0.25, 0.3) is 0 Å². The minimum absolute atomic E-state index is 0.306. The third-order valence-corrected chi connectivity index (χ3v) is 4.81. The molecule has 0 aliphatic carbocycles. The van der Waals surface area contributed by atoms with Crippen molar-refractivity contribution in [2.75, 3.05) is 0 Å². The molecular weight excluding hydrogens is 390 g/mol. The van der Waals surface area contributed by atoms with E-state index in [1.807, 2.05) is 65.4 Å². The summed E-state index contributed by atoms with van der Waals surface area (Å²) in [5.41, 5.74) is 2.86. The Balaban J connectivity index is 1.62. The molecule has 0 atom stereocenters. The van der Waals surface area contributed by atoms with Gasteiger partial charge in [-0.2, -0.15) is 0 Å². The number of fused-ring (bicyclic) bond motifs is 1. The van der Waals surface area contributed by atoms with E-state index >= 15 is 0 Å². The van der Waals surface area contributed by atoms with Crippen LogP contribution in [0.2, 0.25) is 5.02 Å². The molecule has 0 radical (unpaired) electrons. The standard InChI is InChI=1S/C23H18ClNO4/c24-18-9-10-21(28-15-16-5-2-1-3-6-16)17(13-18)14-25-12-11-19-20(25)7-4-8-22(19)29-23(26)27/h1-13H,14-15H2,(H,26,27). The number of hydrogen-bond acceptors (Lipinski definition) is 3. The zero-order chi connectivity index (χ0) is 20.2. The van der Waals surface area contributed by atoms with E-state index in [2.05, 4.69) is 0 Å². The van der Waals surface area contributed by atoms with E-state index in [4.69, 9.17) is 26.2 Å². The van der Waals surface area contributed by atoms with Crippen LogP contribution >= 0.6 is 11.6 Å². The minimum Gasteiger partial charge on any atom is -0.489 e. The predicted molar refractivity (Wildman–Crippen MR) is 112 cm³/mol. The van der Waals surface area contributed by atoms with Crippen LogP contribution in [0.3, 0.4) is 0 Å². The van der Waals surface area contributed by atoms with Crippen molar-refractivity contribution < 1.29 is 19.4 Å². The van der Waals surface area contributed by atoms with Gasteiger partial charge in [-0.05, 0) is 42.0 Å². The van der Waals surface area contributed by atoms with Crippen molar-refractivity contribution in [1.29, 1.82) is 0 Å². The van der Waals surface area contributed by atoms with Crippen LogP contribution in [0.15, 0.2) is 79.0 Å². The second kappa shape index (κ2) is 8.29. The fraction of sp³-hybridized carbons (Fsp3) is 0.0870. The molecule has 1 heterocycles. The van der Waals surface area contributed by atoms with Crippen molar-refractivity contribution in [2.45, 2.75) is 13.2 Å². The quantitative estimate of drug-likeness (QED) is 0.315. The summed E-state index contributed by atoms with van der Waals surface area (Å²) in [4.78, 5) is 10.9. The summed E-state index contributed by atoms with van der Waals surface area (Å²) in [5.74, 6) is 1.05. The van der Waals surface area contributed by atoms with Gasteiger partial charge < -0.3 is 19.1 Å². The van der Waals surface area contributed by atoms with Crippen molar-refractivity contribution in [3.05, 3.63) is 95.1 Å². The van der Waals surface area contributed by atoms with Crippen molar-refractivity contribution in [1.82, 2.24) is 4.57 Å². The number of carboxylic acid groups (broad SMARTS) is 1. The number of carbonyl (C=O) groups is 1. The summed E-state index contributed by atoms with van der Waals surface area (Å²) in [6.07, 6.45) is 0.554. The first-order chi connectivity index (χ1) is 14.1. The van der Waals surface area contributed by atoms with Gasteiger partial charge in [-0.1, -0.05) is 48.0 Å². The topological polar surface area (TPSA) is 60.7 Å². The summed E-state index contributed by atoms with van der Waals surface area (Å²) >= 11 is 6.22. The van der Waals surface area contributed by atoms with E-state index in [0.717, 1.165) is 27.8 Å². The maximum Gasteiger partial charge on any atom is 0.511 e. The first-order valence-corrected chi connectivity index (χ1v) is 9.42. The van der Waals surface area contributed by atoms with Gasteiger partial charge in [-0.15, -0.1) is 0 Å². The number of nitrogens with zero attached hydrogens (tertiary/aromatic N) is 1. The number of rotatable bonds is 6. The van der Waals surface area contributed by atoms with Crippen LogP contribution in [0, 0.1) is 0 Å². The average molecular weight is 408 g/mol. The Morgan fingerprint density at radius 2 is 1.79 bits per heavy atom. The lowest BCUT2D eigenvalue weighted by Gasteiger charge is -2.14. The van der Waals surface area contributed by atoms with E-state index in [1.165, 1.54) is 0 Å². The molecular formula is C23H18ClNO4. The number of aromatic nitrogens is 1. The summed E-state index contributed by atoms with van der Waals surface area (Å²) in [6.45, 7) is 0.975. The fourth-order valence-corrected chi connectivity index (χ4v) is 3.44. The van der Waals surface area contributed by atoms with Crippen LogP contribution in [0.1, 0.15) is 11.1 Å². The first kappa shape index (κ1) is 18.9. The van der Waals surface area contributed by atoms with Crippen LogP contribution in [-0.2, 0) is 13.2 Å². The molecule has 0 saturated carbocycles. The number of hydrogen-bond donors (Lipinski definition) is 1. The van der Waals surface area contributed by atoms with Gasteiger partial charge in [0.05, 0.1) is 12.1 Å². The van der Waals surface area contributed by atoms with E-state index < -0.39 is 6.16 Å². The average Bonchev–Trinajstić information content (AvgIpc) is 3.12. The van der Waals surface area contributed by atoms with Crippen LogP contribution < -0.4 is 9.47 Å². The Bertz CT molecular complexity index is 1150. The second-order valence-corrected chi connectivity index (χ2v) is 6.96. The Hall–Kier alpha value is -3.44. The SMILES string of the molecule is O=C(O)Oc1cccc2c1ccn2Cc1cc(Cl)ccc1OCc1ccccc1. The van der Waals surface area contributed by atoms with E-state index in [1.54, 1.807) is 18.2 Å². The molecule has 0 spiro atoms. The molecule has 29 heavy (non-hydrogen) atoms. The maximum atomic E-state index is 10.9. The summed E-state index contributed by atoms with van der Waals surface area (Å²) in [5, 5.41) is 10.3. The van der Waals surface area contributed by atoms with Gasteiger partial charge in [-0.25, -0.2) is 4.79 Å². The van der Waals surface area contributed by atoms with E-state index in [0.29, 0.717) is 23.9 Å². The van der Waals surface area contributed by atoms with Crippen molar-refractivity contribution in [3.63, 3.8) is 0 Å². The fourth-order valence-electron chi connectivity index (χ4n) is 3.25. The zero-order valence-electron chi connectivity index (χ0n) is 15.4. The van der Waals surface area contributed by atoms with E-state index in [9.17, 15) is 4.79 Å². The van der Waals surface area contributed by atoms with Gasteiger partial charge in [-0.3, -0.25) is 0 Å². The molecule has 0 unspecified atom stereocenters.